The summed E-state index contributed by atoms with van der Waals surface area (Å²) in [5.74, 6) is 0.278. The van der Waals surface area contributed by atoms with Gasteiger partial charge in [0.05, 0.1) is 0 Å². The number of rotatable bonds is 3. The fourth-order valence-corrected chi connectivity index (χ4v) is 2.92. The van der Waals surface area contributed by atoms with Crippen LogP contribution in [0, 0.1) is 11.7 Å². The Kier molecular flexibility index (Phi) is 4.64. The van der Waals surface area contributed by atoms with Crippen molar-refractivity contribution in [2.45, 2.75) is 45.1 Å². The Hall–Kier alpha value is -0.450. The summed E-state index contributed by atoms with van der Waals surface area (Å²) in [5.41, 5.74) is -0.581. The molecule has 0 amide bonds. The summed E-state index contributed by atoms with van der Waals surface area (Å²) in [4.78, 5) is 8.09. The van der Waals surface area contributed by atoms with E-state index < -0.39 is 11.4 Å². The third-order valence-electron chi connectivity index (χ3n) is 3.68. The molecular weight excluding hydrogens is 290 g/mol. The van der Waals surface area contributed by atoms with E-state index >= 15 is 0 Å². The molecular formula is C13H17Cl2FN2O. The van der Waals surface area contributed by atoms with Crippen molar-refractivity contribution in [3.05, 3.63) is 21.9 Å². The van der Waals surface area contributed by atoms with Crippen LogP contribution in [0.1, 0.15) is 45.4 Å². The molecule has 1 aliphatic carbocycles. The summed E-state index contributed by atoms with van der Waals surface area (Å²) < 4.78 is 19.3. The summed E-state index contributed by atoms with van der Waals surface area (Å²) in [6.45, 7) is 4.68. The summed E-state index contributed by atoms with van der Waals surface area (Å²) in [6, 6.07) is 0. The van der Waals surface area contributed by atoms with Crippen molar-refractivity contribution < 1.29 is 9.13 Å². The number of aromatic nitrogens is 2. The van der Waals surface area contributed by atoms with Crippen LogP contribution in [-0.2, 0) is 10.3 Å². The third-order valence-corrected chi connectivity index (χ3v) is 4.18. The second-order valence-electron chi connectivity index (χ2n) is 5.05. The number of ether oxygens (including phenoxy) is 1. The van der Waals surface area contributed by atoms with Gasteiger partial charge in [-0.05, 0) is 38.5 Å². The molecule has 0 spiro atoms. The highest BCUT2D eigenvalue weighted by Crippen LogP contribution is 2.41. The van der Waals surface area contributed by atoms with Gasteiger partial charge < -0.3 is 4.74 Å². The molecule has 0 saturated heterocycles. The zero-order chi connectivity index (χ0) is 14.0. The van der Waals surface area contributed by atoms with Gasteiger partial charge in [0, 0.05) is 6.61 Å². The minimum Gasteiger partial charge on any atom is -0.367 e. The fraction of sp³-hybridized carbons (Fsp3) is 0.692. The van der Waals surface area contributed by atoms with Crippen LogP contribution in [0.15, 0.2) is 0 Å². The molecule has 1 saturated carbocycles. The Morgan fingerprint density at radius 2 is 1.79 bits per heavy atom. The van der Waals surface area contributed by atoms with Gasteiger partial charge >= 0.3 is 0 Å². The molecule has 0 aliphatic heterocycles. The molecule has 1 heterocycles. The van der Waals surface area contributed by atoms with Crippen molar-refractivity contribution in [3.63, 3.8) is 0 Å². The van der Waals surface area contributed by atoms with Gasteiger partial charge in [0.15, 0.2) is 21.9 Å². The lowest BCUT2D eigenvalue weighted by Crippen LogP contribution is -2.36. The predicted octanol–water partition coefficient (Wildman–Crippen LogP) is 4.36. The summed E-state index contributed by atoms with van der Waals surface area (Å²) in [7, 11) is 0. The molecule has 2 rings (SSSR count). The normalized spacial score (nSPS) is 27.5. The molecule has 1 aromatic heterocycles. The fourth-order valence-electron chi connectivity index (χ4n) is 2.54. The first-order valence-electron chi connectivity index (χ1n) is 6.51. The van der Waals surface area contributed by atoms with E-state index in [1.165, 1.54) is 0 Å². The van der Waals surface area contributed by atoms with E-state index in [1.807, 2.05) is 6.92 Å². The van der Waals surface area contributed by atoms with E-state index in [4.69, 9.17) is 27.9 Å². The van der Waals surface area contributed by atoms with E-state index in [2.05, 4.69) is 16.9 Å². The molecule has 0 atom stereocenters. The lowest BCUT2D eigenvalue weighted by atomic mass is 9.79. The second kappa shape index (κ2) is 5.90. The standard InChI is InChI=1S/C13H17Cl2FN2O/c1-3-19-13(6-4-8(2)5-7-13)12-17-10(14)9(16)11(15)18-12/h8H,3-7H2,1-2H3. The van der Waals surface area contributed by atoms with Crippen LogP contribution in [0.4, 0.5) is 4.39 Å². The maximum atomic E-state index is 13.4. The topological polar surface area (TPSA) is 35.0 Å². The number of halogens is 3. The predicted molar refractivity (Wildman–Crippen MR) is 72.9 cm³/mol. The van der Waals surface area contributed by atoms with Gasteiger partial charge in [-0.1, -0.05) is 30.1 Å². The monoisotopic (exact) mass is 306 g/mol. The van der Waals surface area contributed by atoms with Crippen LogP contribution < -0.4 is 0 Å². The molecule has 0 bridgehead atoms. The first-order valence-corrected chi connectivity index (χ1v) is 7.27. The first kappa shape index (κ1) is 14.9. The Morgan fingerprint density at radius 3 is 2.26 bits per heavy atom. The van der Waals surface area contributed by atoms with Crippen LogP contribution >= 0.6 is 23.2 Å². The van der Waals surface area contributed by atoms with Crippen LogP contribution in [0.2, 0.25) is 10.3 Å². The van der Waals surface area contributed by atoms with E-state index in [0.717, 1.165) is 25.7 Å². The molecule has 1 aromatic rings. The maximum absolute atomic E-state index is 13.4. The zero-order valence-electron chi connectivity index (χ0n) is 11.0. The van der Waals surface area contributed by atoms with Crippen LogP contribution in [0.25, 0.3) is 0 Å². The van der Waals surface area contributed by atoms with E-state index in [9.17, 15) is 4.39 Å². The number of hydrogen-bond acceptors (Lipinski definition) is 3. The van der Waals surface area contributed by atoms with Gasteiger partial charge in [-0.15, -0.1) is 0 Å². The van der Waals surface area contributed by atoms with E-state index in [0.29, 0.717) is 18.3 Å². The molecule has 1 aliphatic rings. The van der Waals surface area contributed by atoms with E-state index in [1.54, 1.807) is 0 Å². The molecule has 106 valence electrons. The minimum absolute atomic E-state index is 0.243. The first-order chi connectivity index (χ1) is 8.98. The Labute approximate surface area is 122 Å². The highest BCUT2D eigenvalue weighted by atomic mass is 35.5. The van der Waals surface area contributed by atoms with Crippen molar-refractivity contribution in [2.24, 2.45) is 5.92 Å². The van der Waals surface area contributed by atoms with Crippen LogP contribution in [0.5, 0.6) is 0 Å². The molecule has 1 fully saturated rings. The highest BCUT2D eigenvalue weighted by molar-refractivity contribution is 6.33. The van der Waals surface area contributed by atoms with Gasteiger partial charge in [-0.3, -0.25) is 0 Å². The zero-order valence-corrected chi connectivity index (χ0v) is 12.6. The second-order valence-corrected chi connectivity index (χ2v) is 5.77. The van der Waals surface area contributed by atoms with Crippen molar-refractivity contribution in [2.75, 3.05) is 6.61 Å². The molecule has 0 unspecified atom stereocenters. The Bertz CT molecular complexity index is 439. The summed E-state index contributed by atoms with van der Waals surface area (Å²) in [5, 5.41) is -0.486. The van der Waals surface area contributed by atoms with Crippen molar-refractivity contribution >= 4 is 23.2 Å². The van der Waals surface area contributed by atoms with Crippen molar-refractivity contribution in [3.8, 4) is 0 Å². The lowest BCUT2D eigenvalue weighted by molar-refractivity contribution is -0.0837. The summed E-state index contributed by atoms with van der Waals surface area (Å²) >= 11 is 11.5. The molecule has 0 radical (unpaired) electrons. The van der Waals surface area contributed by atoms with Gasteiger partial charge in [0.1, 0.15) is 5.60 Å². The lowest BCUT2D eigenvalue weighted by Gasteiger charge is -2.37. The highest BCUT2D eigenvalue weighted by Gasteiger charge is 2.40. The SMILES string of the molecule is CCOC1(c2nc(Cl)c(F)c(Cl)n2)CCC(C)CC1. The average molecular weight is 307 g/mol. The Morgan fingerprint density at radius 1 is 1.26 bits per heavy atom. The number of hydrogen-bond donors (Lipinski definition) is 0. The maximum Gasteiger partial charge on any atom is 0.197 e. The molecule has 6 heteroatoms. The smallest absolute Gasteiger partial charge is 0.197 e. The van der Waals surface area contributed by atoms with Crippen LogP contribution in [0.3, 0.4) is 0 Å². The van der Waals surface area contributed by atoms with Crippen molar-refractivity contribution in [1.82, 2.24) is 9.97 Å². The molecule has 0 N–H and O–H groups in total. The van der Waals surface area contributed by atoms with Gasteiger partial charge in [-0.25, -0.2) is 14.4 Å². The number of nitrogens with zero attached hydrogens (tertiary/aromatic N) is 2. The average Bonchev–Trinajstić information content (AvgIpc) is 2.38. The van der Waals surface area contributed by atoms with Gasteiger partial charge in [0.25, 0.3) is 0 Å². The summed E-state index contributed by atoms with van der Waals surface area (Å²) in [6.07, 6.45) is 3.66. The van der Waals surface area contributed by atoms with E-state index in [-0.39, 0.29) is 10.3 Å². The quantitative estimate of drug-likeness (QED) is 0.778. The minimum atomic E-state index is -0.775. The van der Waals surface area contributed by atoms with Gasteiger partial charge in [-0.2, -0.15) is 0 Å². The van der Waals surface area contributed by atoms with Crippen molar-refractivity contribution in [1.29, 1.82) is 0 Å². The molecule has 19 heavy (non-hydrogen) atoms. The van der Waals surface area contributed by atoms with Gasteiger partial charge in [0.2, 0.25) is 0 Å². The van der Waals surface area contributed by atoms with Crippen LogP contribution in [-0.4, -0.2) is 16.6 Å². The largest absolute Gasteiger partial charge is 0.367 e. The molecule has 0 aromatic carbocycles. The third kappa shape index (κ3) is 3.01. The Balaban J connectivity index is 2.39. The molecule has 3 nitrogen and oxygen atoms in total.